The van der Waals surface area contributed by atoms with E-state index in [0.717, 1.165) is 8.66 Å². The fourth-order valence-corrected chi connectivity index (χ4v) is 3.72. The van der Waals surface area contributed by atoms with Gasteiger partial charge in [0.15, 0.2) is 0 Å². The molecule has 96 valence electrons. The molecule has 0 spiro atoms. The molecular formula is C15H17BrOS. The van der Waals surface area contributed by atoms with Gasteiger partial charge in [-0.05, 0) is 53.9 Å². The summed E-state index contributed by atoms with van der Waals surface area (Å²) in [5.74, 6) is 0. The van der Waals surface area contributed by atoms with Crippen molar-refractivity contribution in [1.82, 2.24) is 0 Å². The van der Waals surface area contributed by atoms with E-state index in [9.17, 15) is 5.11 Å². The molecule has 3 heteroatoms. The summed E-state index contributed by atoms with van der Waals surface area (Å²) in [5.41, 5.74) is 4.89. The van der Waals surface area contributed by atoms with E-state index in [1.807, 2.05) is 6.92 Å². The van der Waals surface area contributed by atoms with Gasteiger partial charge >= 0.3 is 0 Å². The maximum Gasteiger partial charge on any atom is 0.0922 e. The van der Waals surface area contributed by atoms with Crippen LogP contribution in [0.4, 0.5) is 0 Å². The van der Waals surface area contributed by atoms with Gasteiger partial charge in [0, 0.05) is 11.3 Å². The van der Waals surface area contributed by atoms with Crippen LogP contribution in [0.5, 0.6) is 0 Å². The van der Waals surface area contributed by atoms with Gasteiger partial charge in [-0.25, -0.2) is 0 Å². The topological polar surface area (TPSA) is 20.2 Å². The molecule has 1 unspecified atom stereocenters. The lowest BCUT2D eigenvalue weighted by Crippen LogP contribution is -2.00. The number of aryl methyl sites for hydroxylation is 3. The third kappa shape index (κ3) is 3.22. The van der Waals surface area contributed by atoms with Gasteiger partial charge in [-0.2, -0.15) is 0 Å². The Morgan fingerprint density at radius 2 is 1.72 bits per heavy atom. The Hall–Kier alpha value is -0.640. The molecule has 1 nitrogen and oxygen atoms in total. The average Bonchev–Trinajstić information content (AvgIpc) is 2.57. The van der Waals surface area contributed by atoms with Crippen molar-refractivity contribution in [2.24, 2.45) is 0 Å². The van der Waals surface area contributed by atoms with E-state index in [4.69, 9.17) is 0 Å². The van der Waals surface area contributed by atoms with Gasteiger partial charge in [0.1, 0.15) is 0 Å². The summed E-state index contributed by atoms with van der Waals surface area (Å²) in [6.07, 6.45) is 0.260. The van der Waals surface area contributed by atoms with Gasteiger partial charge in [-0.1, -0.05) is 29.3 Å². The molecule has 0 saturated carbocycles. The van der Waals surface area contributed by atoms with Crippen molar-refractivity contribution in [3.8, 4) is 0 Å². The summed E-state index contributed by atoms with van der Waals surface area (Å²) in [7, 11) is 0. The minimum Gasteiger partial charge on any atom is -0.387 e. The van der Waals surface area contributed by atoms with Crippen LogP contribution < -0.4 is 0 Å². The first kappa shape index (κ1) is 13.8. The second-order valence-electron chi connectivity index (χ2n) is 4.82. The van der Waals surface area contributed by atoms with E-state index < -0.39 is 6.10 Å². The third-order valence-electron chi connectivity index (χ3n) is 2.92. The largest absolute Gasteiger partial charge is 0.387 e. The number of hydrogen-bond acceptors (Lipinski definition) is 2. The van der Waals surface area contributed by atoms with Gasteiger partial charge in [-0.15, -0.1) is 11.3 Å². The molecule has 0 radical (unpaired) electrons. The second-order valence-corrected chi connectivity index (χ2v) is 7.22. The number of rotatable bonds is 3. The quantitative estimate of drug-likeness (QED) is 0.866. The van der Waals surface area contributed by atoms with Gasteiger partial charge in [0.05, 0.1) is 9.89 Å². The number of thiophene rings is 1. The highest BCUT2D eigenvalue weighted by Gasteiger charge is 2.13. The van der Waals surface area contributed by atoms with E-state index in [1.54, 1.807) is 11.3 Å². The molecule has 2 rings (SSSR count). The minimum atomic E-state index is -0.416. The highest BCUT2D eigenvalue weighted by molar-refractivity contribution is 9.11. The predicted octanol–water partition coefficient (Wildman–Crippen LogP) is 4.71. The highest BCUT2D eigenvalue weighted by atomic mass is 79.9. The molecule has 2 aromatic rings. The molecule has 1 heterocycles. The average molecular weight is 325 g/mol. The minimum absolute atomic E-state index is 0.416. The molecule has 0 saturated heterocycles. The summed E-state index contributed by atoms with van der Waals surface area (Å²) in [6.45, 7) is 6.23. The van der Waals surface area contributed by atoms with Crippen LogP contribution in [0.2, 0.25) is 0 Å². The Bertz CT molecular complexity index is 520. The fourth-order valence-electron chi connectivity index (χ4n) is 2.16. The van der Waals surface area contributed by atoms with Crippen LogP contribution in [0.1, 0.15) is 33.2 Å². The number of hydrogen-bond donors (Lipinski definition) is 1. The van der Waals surface area contributed by atoms with Crippen LogP contribution >= 0.6 is 27.3 Å². The third-order valence-corrected chi connectivity index (χ3v) is 5.15. The SMILES string of the molecule is Cc1cc(C)cc(CC(O)c2cc(C)c(Br)s2)c1. The second kappa shape index (κ2) is 5.55. The Balaban J connectivity index is 2.18. The summed E-state index contributed by atoms with van der Waals surface area (Å²) >= 11 is 5.12. The zero-order valence-electron chi connectivity index (χ0n) is 10.8. The first-order valence-electron chi connectivity index (χ1n) is 5.97. The van der Waals surface area contributed by atoms with Crippen molar-refractivity contribution in [2.75, 3.05) is 0 Å². The number of halogens is 1. The molecule has 0 amide bonds. The number of aliphatic hydroxyl groups is 1. The first-order chi connectivity index (χ1) is 8.45. The molecule has 0 fully saturated rings. The Morgan fingerprint density at radius 1 is 1.11 bits per heavy atom. The maximum atomic E-state index is 10.3. The maximum absolute atomic E-state index is 10.3. The summed E-state index contributed by atoms with van der Waals surface area (Å²) in [6, 6.07) is 8.50. The van der Waals surface area contributed by atoms with Gasteiger partial charge in [-0.3, -0.25) is 0 Å². The van der Waals surface area contributed by atoms with Gasteiger partial charge in [0.25, 0.3) is 0 Å². The lowest BCUT2D eigenvalue weighted by Gasteiger charge is -2.10. The van der Waals surface area contributed by atoms with Crippen molar-refractivity contribution in [3.05, 3.63) is 55.2 Å². The van der Waals surface area contributed by atoms with Crippen LogP contribution in [0.15, 0.2) is 28.1 Å². The molecule has 1 atom stereocenters. The van der Waals surface area contributed by atoms with Crippen LogP contribution in [0, 0.1) is 20.8 Å². The molecule has 1 aromatic carbocycles. The standard InChI is InChI=1S/C15H17BrOS/c1-9-4-10(2)6-12(5-9)8-13(17)14-7-11(3)15(16)18-14/h4-7,13,17H,8H2,1-3H3. The van der Waals surface area contributed by atoms with Crippen LogP contribution in [0.3, 0.4) is 0 Å². The predicted molar refractivity (Wildman–Crippen MR) is 81.3 cm³/mol. The molecule has 1 aromatic heterocycles. The Morgan fingerprint density at radius 3 is 2.22 bits per heavy atom. The number of benzene rings is 1. The first-order valence-corrected chi connectivity index (χ1v) is 7.57. The van der Waals surface area contributed by atoms with Crippen LogP contribution in [-0.2, 0) is 6.42 Å². The van der Waals surface area contributed by atoms with Crippen molar-refractivity contribution in [3.63, 3.8) is 0 Å². The molecule has 0 aliphatic heterocycles. The van der Waals surface area contributed by atoms with Crippen LogP contribution in [0.25, 0.3) is 0 Å². The van der Waals surface area contributed by atoms with E-state index in [-0.39, 0.29) is 0 Å². The molecule has 0 aliphatic rings. The van der Waals surface area contributed by atoms with Gasteiger partial charge in [0.2, 0.25) is 0 Å². The summed E-state index contributed by atoms with van der Waals surface area (Å²) < 4.78 is 1.11. The van der Waals surface area contributed by atoms with Gasteiger partial charge < -0.3 is 5.11 Å². The van der Waals surface area contributed by atoms with E-state index >= 15 is 0 Å². The van der Waals surface area contributed by atoms with Crippen molar-refractivity contribution in [1.29, 1.82) is 0 Å². The highest BCUT2D eigenvalue weighted by Crippen LogP contribution is 2.32. The summed E-state index contributed by atoms with van der Waals surface area (Å²) in [4.78, 5) is 1.03. The molecule has 18 heavy (non-hydrogen) atoms. The van der Waals surface area contributed by atoms with Crippen molar-refractivity contribution >= 4 is 27.3 Å². The molecule has 0 bridgehead atoms. The number of aliphatic hydroxyl groups excluding tert-OH is 1. The van der Waals surface area contributed by atoms with Crippen molar-refractivity contribution < 1.29 is 5.11 Å². The Kier molecular flexibility index (Phi) is 4.25. The molecular weight excluding hydrogens is 308 g/mol. The lowest BCUT2D eigenvalue weighted by atomic mass is 10.0. The fraction of sp³-hybridized carbons (Fsp3) is 0.333. The monoisotopic (exact) mass is 324 g/mol. The lowest BCUT2D eigenvalue weighted by molar-refractivity contribution is 0.182. The van der Waals surface area contributed by atoms with Crippen molar-refractivity contribution in [2.45, 2.75) is 33.3 Å². The van der Waals surface area contributed by atoms with E-state index in [0.29, 0.717) is 6.42 Å². The van der Waals surface area contributed by atoms with Crippen LogP contribution in [-0.4, -0.2) is 5.11 Å². The molecule has 0 aliphatic carbocycles. The van der Waals surface area contributed by atoms with E-state index in [2.05, 4.69) is 54.0 Å². The Labute approximate surface area is 121 Å². The zero-order chi connectivity index (χ0) is 13.3. The molecule has 1 N–H and O–H groups in total. The van der Waals surface area contributed by atoms with E-state index in [1.165, 1.54) is 22.3 Å². The summed E-state index contributed by atoms with van der Waals surface area (Å²) in [5, 5.41) is 10.3. The smallest absolute Gasteiger partial charge is 0.0922 e. The zero-order valence-corrected chi connectivity index (χ0v) is 13.2. The normalized spacial score (nSPS) is 12.7.